The van der Waals surface area contributed by atoms with Crippen LogP contribution in [0.5, 0.6) is 0 Å². The van der Waals surface area contributed by atoms with Crippen LogP contribution in [0.1, 0.15) is 66.8 Å². The van der Waals surface area contributed by atoms with E-state index in [1.54, 1.807) is 6.92 Å². The Morgan fingerprint density at radius 3 is 1.18 bits per heavy atom. The highest BCUT2D eigenvalue weighted by atomic mass is 19.4. The molecule has 12 heteroatoms. The van der Waals surface area contributed by atoms with Crippen molar-refractivity contribution in [1.82, 2.24) is 0 Å². The zero-order chi connectivity index (χ0) is 37.8. The lowest BCUT2D eigenvalue weighted by Crippen LogP contribution is -2.55. The van der Waals surface area contributed by atoms with Crippen molar-refractivity contribution in [1.29, 1.82) is 0 Å². The first-order valence-corrected chi connectivity index (χ1v) is 15.4. The molecule has 0 saturated carbocycles. The maximum Gasteiger partial charge on any atom is 0.411 e. The summed E-state index contributed by atoms with van der Waals surface area (Å²) >= 11 is 0. The Morgan fingerprint density at radius 1 is 0.380 bits per heavy atom. The summed E-state index contributed by atoms with van der Waals surface area (Å²) in [6.07, 6.45) is -24.0. The third-order valence-electron chi connectivity index (χ3n) is 9.88. The summed E-state index contributed by atoms with van der Waals surface area (Å²) in [6, 6.07) is 11.3. The van der Waals surface area contributed by atoms with Crippen LogP contribution in [0.15, 0.2) is 72.8 Å². The number of alkyl halides is 12. The molecule has 4 aromatic rings. The van der Waals surface area contributed by atoms with Crippen molar-refractivity contribution in [3.63, 3.8) is 0 Å². The van der Waals surface area contributed by atoms with Gasteiger partial charge in [-0.25, -0.2) is 0 Å². The van der Waals surface area contributed by atoms with Gasteiger partial charge in [-0.2, -0.15) is 52.7 Å². The van der Waals surface area contributed by atoms with E-state index in [0.717, 1.165) is 61.5 Å². The third kappa shape index (κ3) is 6.27. The highest BCUT2D eigenvalue weighted by Gasteiger charge is 2.74. The molecule has 0 N–H and O–H groups in total. The van der Waals surface area contributed by atoms with Crippen LogP contribution in [0.2, 0.25) is 0 Å². The van der Waals surface area contributed by atoms with Crippen molar-refractivity contribution < 1.29 is 52.7 Å². The molecule has 270 valence electrons. The number of benzene rings is 4. The van der Waals surface area contributed by atoms with E-state index in [0.29, 0.717) is 11.1 Å². The molecule has 0 aromatic heterocycles. The number of aryl methyl sites for hydroxylation is 7. The smallest absolute Gasteiger partial charge is 0.169 e. The summed E-state index contributed by atoms with van der Waals surface area (Å²) in [5.74, 6) is 0. The van der Waals surface area contributed by atoms with E-state index >= 15 is 0 Å². The molecule has 4 rings (SSSR count). The fourth-order valence-corrected chi connectivity index (χ4v) is 6.68. The largest absolute Gasteiger partial charge is 0.411 e. The lowest BCUT2D eigenvalue weighted by atomic mass is 9.70. The molecule has 0 aliphatic carbocycles. The molecule has 0 amide bonds. The average Bonchev–Trinajstić information content (AvgIpc) is 2.96. The van der Waals surface area contributed by atoms with Crippen molar-refractivity contribution in [3.8, 4) is 0 Å². The summed E-state index contributed by atoms with van der Waals surface area (Å²) in [4.78, 5) is 0. The molecule has 0 unspecified atom stereocenters. The fourth-order valence-electron chi connectivity index (χ4n) is 6.68. The maximum absolute atomic E-state index is 14.9. The minimum Gasteiger partial charge on any atom is -0.169 e. The monoisotopic (exact) mass is 718 g/mol. The minimum atomic E-state index is -5.85. The van der Waals surface area contributed by atoms with Gasteiger partial charge in [-0.1, -0.05) is 72.8 Å². The normalized spacial score (nSPS) is 13.6. The van der Waals surface area contributed by atoms with E-state index in [-0.39, 0.29) is 46.2 Å². The lowest BCUT2D eigenvalue weighted by molar-refractivity contribution is -0.290. The van der Waals surface area contributed by atoms with Gasteiger partial charge in [0.05, 0.1) is 0 Å². The predicted octanol–water partition coefficient (Wildman–Crippen LogP) is 12.1. The van der Waals surface area contributed by atoms with E-state index in [1.165, 1.54) is 45.9 Å². The van der Waals surface area contributed by atoms with Gasteiger partial charge in [-0.15, -0.1) is 0 Å². The van der Waals surface area contributed by atoms with Crippen LogP contribution < -0.4 is 0 Å². The zero-order valence-electron chi connectivity index (χ0n) is 27.9. The summed E-state index contributed by atoms with van der Waals surface area (Å²) < 4.78 is 179. The first-order chi connectivity index (χ1) is 22.8. The van der Waals surface area contributed by atoms with Crippen molar-refractivity contribution in [2.45, 2.75) is 89.9 Å². The second-order valence-electron chi connectivity index (χ2n) is 12.8. The van der Waals surface area contributed by atoms with Crippen LogP contribution in [-0.4, -0.2) is 24.7 Å². The quantitative estimate of drug-likeness (QED) is 0.167. The van der Waals surface area contributed by atoms with Gasteiger partial charge >= 0.3 is 24.7 Å². The second kappa shape index (κ2) is 13.0. The highest BCUT2D eigenvalue weighted by molar-refractivity contribution is 5.52. The molecule has 0 nitrogen and oxygen atoms in total. The lowest BCUT2D eigenvalue weighted by Gasteiger charge is -2.40. The van der Waals surface area contributed by atoms with Gasteiger partial charge in [0.2, 0.25) is 10.8 Å². The molecule has 0 aliphatic heterocycles. The van der Waals surface area contributed by atoms with Crippen LogP contribution in [-0.2, 0) is 23.7 Å². The first-order valence-electron chi connectivity index (χ1n) is 15.4. The van der Waals surface area contributed by atoms with Crippen molar-refractivity contribution >= 4 is 0 Å². The average molecular weight is 719 g/mol. The van der Waals surface area contributed by atoms with Gasteiger partial charge in [0.1, 0.15) is 0 Å². The molecular formula is C38H34F12. The summed E-state index contributed by atoms with van der Waals surface area (Å²) in [5.41, 5.74) is -11.8. The van der Waals surface area contributed by atoms with Gasteiger partial charge in [-0.3, -0.25) is 0 Å². The van der Waals surface area contributed by atoms with E-state index in [1.807, 2.05) is 0 Å². The molecule has 0 radical (unpaired) electrons. The molecule has 50 heavy (non-hydrogen) atoms. The number of halogens is 12. The molecule has 0 fully saturated rings. The van der Waals surface area contributed by atoms with E-state index < -0.39 is 57.8 Å². The summed E-state index contributed by atoms with van der Waals surface area (Å²) in [6.45, 7) is 8.40. The second-order valence-corrected chi connectivity index (χ2v) is 12.8. The Hall–Kier alpha value is -3.96. The topological polar surface area (TPSA) is 0 Å². The Kier molecular flexibility index (Phi) is 10.1. The van der Waals surface area contributed by atoms with Gasteiger partial charge in [0, 0.05) is 0 Å². The molecular weight excluding hydrogens is 684 g/mol. The Balaban J connectivity index is 1.89. The number of hydrogen-bond acceptors (Lipinski definition) is 0. The van der Waals surface area contributed by atoms with Crippen molar-refractivity contribution in [2.24, 2.45) is 0 Å². The molecule has 0 atom stereocenters. The summed E-state index contributed by atoms with van der Waals surface area (Å²) in [7, 11) is 0. The minimum absolute atomic E-state index is 0.0149. The van der Waals surface area contributed by atoms with Gasteiger partial charge < -0.3 is 0 Å². The molecule has 0 heterocycles. The first kappa shape index (κ1) is 38.8. The summed E-state index contributed by atoms with van der Waals surface area (Å²) in [5, 5.41) is 0. The van der Waals surface area contributed by atoms with Crippen molar-refractivity contribution in [2.75, 3.05) is 0 Å². The molecule has 4 aromatic carbocycles. The van der Waals surface area contributed by atoms with Crippen molar-refractivity contribution in [3.05, 3.63) is 140 Å². The Morgan fingerprint density at radius 2 is 0.760 bits per heavy atom. The molecule has 0 spiro atoms. The Bertz CT molecular complexity index is 1840. The van der Waals surface area contributed by atoms with Gasteiger partial charge in [0.15, 0.2) is 0 Å². The highest BCUT2D eigenvalue weighted by Crippen LogP contribution is 2.58. The van der Waals surface area contributed by atoms with Crippen LogP contribution in [0.4, 0.5) is 52.7 Å². The van der Waals surface area contributed by atoms with E-state index in [4.69, 9.17) is 0 Å². The predicted molar refractivity (Wildman–Crippen MR) is 167 cm³/mol. The standard InChI is InChI=1S/C38H34F12/c1-21-10-15-29(18-24(21)4)33(35(39,40)41,36(42,43)44)31-17-12-23(3)28(20-31)14-13-27-8-7-9-32(26(27)6)34(37(45,46)47,38(48,49)50)30-16-11-22(2)25(5)19-30/h7-12,15-20H,13-14H2,1-6H3. The maximum atomic E-state index is 14.9. The van der Waals surface area contributed by atoms with Gasteiger partial charge in [-0.05, 0) is 121 Å². The number of rotatable bonds is 7. The van der Waals surface area contributed by atoms with Gasteiger partial charge in [0.25, 0.3) is 0 Å². The molecule has 0 bridgehead atoms. The van der Waals surface area contributed by atoms with E-state index in [9.17, 15) is 52.7 Å². The van der Waals surface area contributed by atoms with Crippen LogP contribution in [0.25, 0.3) is 0 Å². The molecule has 0 aliphatic rings. The van der Waals surface area contributed by atoms with E-state index in [2.05, 4.69) is 0 Å². The Labute approximate surface area is 282 Å². The number of hydrogen-bond donors (Lipinski definition) is 0. The van der Waals surface area contributed by atoms with Crippen LogP contribution >= 0.6 is 0 Å². The SMILES string of the molecule is Cc1ccc(C(c2ccc(C)c(CCc3cccc(C(c4ccc(C)c(C)c4)(C(F)(F)F)C(F)(F)F)c3C)c2)(C(F)(F)F)C(F)(F)F)cc1C. The fraction of sp³-hybridized carbons (Fsp3) is 0.368. The zero-order valence-corrected chi connectivity index (χ0v) is 27.9. The molecule has 0 saturated heterocycles. The third-order valence-corrected chi connectivity index (χ3v) is 9.88. The van der Waals surface area contributed by atoms with Crippen LogP contribution in [0, 0.1) is 41.5 Å². The van der Waals surface area contributed by atoms with Crippen LogP contribution in [0.3, 0.4) is 0 Å².